The molecule has 0 saturated heterocycles. The van der Waals surface area contributed by atoms with E-state index in [2.05, 4.69) is 10.1 Å². The van der Waals surface area contributed by atoms with E-state index < -0.39 is 18.7 Å². The van der Waals surface area contributed by atoms with Crippen molar-refractivity contribution in [2.45, 2.75) is 19.0 Å². The highest BCUT2D eigenvalue weighted by Gasteiger charge is 2.28. The highest BCUT2D eigenvalue weighted by Crippen LogP contribution is 2.26. The molecule has 0 saturated carbocycles. The van der Waals surface area contributed by atoms with Crippen LogP contribution in [-0.4, -0.2) is 25.8 Å². The molecule has 0 aliphatic carbocycles. The summed E-state index contributed by atoms with van der Waals surface area (Å²) in [7, 11) is 1.61. The summed E-state index contributed by atoms with van der Waals surface area (Å²) in [6, 6.07) is 17.3. The molecule has 0 heterocycles. The van der Waals surface area contributed by atoms with Gasteiger partial charge in [0.05, 0.1) is 13.0 Å². The third-order valence-electron chi connectivity index (χ3n) is 4.49. The van der Waals surface area contributed by atoms with Crippen molar-refractivity contribution in [3.63, 3.8) is 0 Å². The van der Waals surface area contributed by atoms with Crippen LogP contribution in [-0.2, 0) is 4.79 Å². The second kappa shape index (κ2) is 8.43. The number of nitrogens with one attached hydrogen (secondary N) is 1. The Morgan fingerprint density at radius 1 is 0.966 bits per heavy atom. The number of hydrogen-bond donors (Lipinski definition) is 1. The van der Waals surface area contributed by atoms with Crippen LogP contribution in [0.1, 0.15) is 18.4 Å². The molecular weight excluding hydrogens is 383 g/mol. The number of anilines is 1. The summed E-state index contributed by atoms with van der Waals surface area (Å²) in [5, 5.41) is 4.77. The second-order valence-corrected chi connectivity index (χ2v) is 6.61. The lowest BCUT2D eigenvalue weighted by molar-refractivity contribution is -0.153. The molecule has 1 amide bonds. The van der Waals surface area contributed by atoms with E-state index in [1.807, 2.05) is 36.4 Å². The Hall–Kier alpha value is -3.22. The zero-order valence-corrected chi connectivity index (χ0v) is 15.9. The number of benzene rings is 3. The number of halogens is 3. The summed E-state index contributed by atoms with van der Waals surface area (Å²) in [5.74, 6) is 0.210. The van der Waals surface area contributed by atoms with Crippen molar-refractivity contribution in [3.8, 4) is 11.5 Å². The van der Waals surface area contributed by atoms with Gasteiger partial charge in [0.2, 0.25) is 5.91 Å². The van der Waals surface area contributed by atoms with Crippen molar-refractivity contribution in [3.05, 3.63) is 66.2 Å². The van der Waals surface area contributed by atoms with Crippen LogP contribution in [0.25, 0.3) is 10.8 Å². The predicted octanol–water partition coefficient (Wildman–Crippen LogP) is 5.53. The highest BCUT2D eigenvalue weighted by molar-refractivity contribution is 5.96. The van der Waals surface area contributed by atoms with Gasteiger partial charge in [-0.25, -0.2) is 0 Å². The first kappa shape index (κ1) is 20.5. The van der Waals surface area contributed by atoms with Gasteiger partial charge in [-0.3, -0.25) is 4.79 Å². The zero-order chi connectivity index (χ0) is 21.0. The minimum atomic E-state index is -4.40. The van der Waals surface area contributed by atoms with Gasteiger partial charge < -0.3 is 14.8 Å². The number of amides is 1. The number of alkyl halides is 3. The third-order valence-corrected chi connectivity index (χ3v) is 4.49. The lowest BCUT2D eigenvalue weighted by Crippen LogP contribution is -2.19. The average Bonchev–Trinajstić information content (AvgIpc) is 2.71. The van der Waals surface area contributed by atoms with Crippen LogP contribution in [0.15, 0.2) is 60.7 Å². The van der Waals surface area contributed by atoms with Crippen LogP contribution in [0.4, 0.5) is 18.9 Å². The maximum absolute atomic E-state index is 12.6. The Bertz CT molecular complexity index is 1000. The molecule has 29 heavy (non-hydrogen) atoms. The standard InChI is InChI=1S/C22H20F3NO3/c1-14(15-3-4-17-12-20(28-2)8-5-16(17)11-15)21(27)26-18-6-9-19(10-7-18)29-13-22(23,24)25/h3-12,14H,13H2,1-2H3,(H,26,27)/t14-/m0/s1. The van der Waals surface area contributed by atoms with E-state index in [4.69, 9.17) is 4.74 Å². The Balaban J connectivity index is 1.66. The molecule has 7 heteroatoms. The average molecular weight is 403 g/mol. The number of carbonyl (C=O) groups excluding carboxylic acids is 1. The van der Waals surface area contributed by atoms with Gasteiger partial charge in [-0.15, -0.1) is 0 Å². The van der Waals surface area contributed by atoms with Gasteiger partial charge in [-0.05, 0) is 59.7 Å². The van der Waals surface area contributed by atoms with Crippen LogP contribution < -0.4 is 14.8 Å². The molecule has 0 fully saturated rings. The van der Waals surface area contributed by atoms with Gasteiger partial charge in [-0.1, -0.05) is 24.3 Å². The van der Waals surface area contributed by atoms with Crippen molar-refractivity contribution in [1.29, 1.82) is 0 Å². The van der Waals surface area contributed by atoms with Crippen LogP contribution in [0.2, 0.25) is 0 Å². The van der Waals surface area contributed by atoms with E-state index in [1.165, 1.54) is 24.3 Å². The molecule has 1 atom stereocenters. The Labute approximate surface area is 166 Å². The largest absolute Gasteiger partial charge is 0.497 e. The molecule has 4 nitrogen and oxygen atoms in total. The fourth-order valence-corrected chi connectivity index (χ4v) is 2.84. The van der Waals surface area contributed by atoms with Gasteiger partial charge in [0.25, 0.3) is 0 Å². The van der Waals surface area contributed by atoms with E-state index >= 15 is 0 Å². The molecule has 0 aliphatic heterocycles. The second-order valence-electron chi connectivity index (χ2n) is 6.61. The van der Waals surface area contributed by atoms with Crippen molar-refractivity contribution in [2.24, 2.45) is 0 Å². The summed E-state index contributed by atoms with van der Waals surface area (Å²) < 4.78 is 46.4. The lowest BCUT2D eigenvalue weighted by Gasteiger charge is -2.14. The molecule has 0 radical (unpaired) electrons. The molecule has 152 valence electrons. The first-order valence-corrected chi connectivity index (χ1v) is 8.93. The maximum Gasteiger partial charge on any atom is 0.422 e. The Kier molecular flexibility index (Phi) is 5.96. The van der Waals surface area contributed by atoms with Crippen LogP contribution in [0.3, 0.4) is 0 Å². The van der Waals surface area contributed by atoms with Crippen LogP contribution >= 0.6 is 0 Å². The third kappa shape index (κ3) is 5.40. The minimum absolute atomic E-state index is 0.0818. The highest BCUT2D eigenvalue weighted by atomic mass is 19.4. The van der Waals surface area contributed by atoms with E-state index in [9.17, 15) is 18.0 Å². The molecule has 0 bridgehead atoms. The Morgan fingerprint density at radius 3 is 2.24 bits per heavy atom. The van der Waals surface area contributed by atoms with E-state index in [-0.39, 0.29) is 11.7 Å². The SMILES string of the molecule is COc1ccc2cc([C@H](C)C(=O)Nc3ccc(OCC(F)(F)F)cc3)ccc2c1. The lowest BCUT2D eigenvalue weighted by atomic mass is 9.97. The summed E-state index contributed by atoms with van der Waals surface area (Å²) in [5.41, 5.74) is 1.33. The van der Waals surface area contributed by atoms with Gasteiger partial charge in [0.1, 0.15) is 11.5 Å². The number of rotatable bonds is 6. The summed E-state index contributed by atoms with van der Waals surface area (Å²) >= 11 is 0. The van der Waals surface area contributed by atoms with Crippen LogP contribution in [0, 0.1) is 0 Å². The number of hydrogen-bond acceptors (Lipinski definition) is 3. The monoisotopic (exact) mass is 403 g/mol. The molecule has 3 aromatic carbocycles. The molecule has 3 aromatic rings. The number of fused-ring (bicyclic) bond motifs is 1. The number of methoxy groups -OCH3 is 1. The molecule has 3 rings (SSSR count). The van der Waals surface area contributed by atoms with Crippen LogP contribution in [0.5, 0.6) is 11.5 Å². The van der Waals surface area contributed by atoms with Crippen molar-refractivity contribution in [2.75, 3.05) is 19.0 Å². The summed E-state index contributed by atoms with van der Waals surface area (Å²) in [6.45, 7) is 0.435. The van der Waals surface area contributed by atoms with Gasteiger partial charge in [0, 0.05) is 5.69 Å². The Morgan fingerprint density at radius 2 is 1.59 bits per heavy atom. The number of ether oxygens (including phenoxy) is 2. The van der Waals surface area contributed by atoms with E-state index in [0.29, 0.717) is 5.69 Å². The molecule has 0 unspecified atom stereocenters. The molecule has 0 aromatic heterocycles. The molecule has 0 spiro atoms. The van der Waals surface area contributed by atoms with Gasteiger partial charge in [0.15, 0.2) is 6.61 Å². The normalized spacial score (nSPS) is 12.4. The van der Waals surface area contributed by atoms with Crippen molar-refractivity contribution < 1.29 is 27.4 Å². The predicted molar refractivity (Wildman–Crippen MR) is 106 cm³/mol. The molecular formula is C22H20F3NO3. The van der Waals surface area contributed by atoms with Crippen molar-refractivity contribution >= 4 is 22.4 Å². The zero-order valence-electron chi connectivity index (χ0n) is 15.9. The number of carbonyl (C=O) groups is 1. The maximum atomic E-state index is 12.6. The quantitative estimate of drug-likeness (QED) is 0.589. The van der Waals surface area contributed by atoms with E-state index in [0.717, 1.165) is 22.1 Å². The summed E-state index contributed by atoms with van der Waals surface area (Å²) in [6.07, 6.45) is -4.40. The van der Waals surface area contributed by atoms with E-state index in [1.54, 1.807) is 14.0 Å². The fraction of sp³-hybridized carbons (Fsp3) is 0.227. The summed E-state index contributed by atoms with van der Waals surface area (Å²) in [4.78, 5) is 12.6. The van der Waals surface area contributed by atoms with Crippen molar-refractivity contribution in [1.82, 2.24) is 0 Å². The smallest absolute Gasteiger partial charge is 0.422 e. The first-order valence-electron chi connectivity index (χ1n) is 8.93. The minimum Gasteiger partial charge on any atom is -0.497 e. The van der Waals surface area contributed by atoms with Gasteiger partial charge in [-0.2, -0.15) is 13.2 Å². The van der Waals surface area contributed by atoms with Gasteiger partial charge >= 0.3 is 6.18 Å². The first-order chi connectivity index (χ1) is 13.7. The fourth-order valence-electron chi connectivity index (χ4n) is 2.84. The topological polar surface area (TPSA) is 47.6 Å². The molecule has 0 aliphatic rings. The molecule has 1 N–H and O–H groups in total.